The number of hydrogen-bond donors (Lipinski definition) is 0. The molecule has 2 rings (SSSR count). The van der Waals surface area contributed by atoms with Crippen molar-refractivity contribution < 1.29 is 4.74 Å². The fourth-order valence-corrected chi connectivity index (χ4v) is 1.91. The van der Waals surface area contributed by atoms with Crippen molar-refractivity contribution in [2.24, 2.45) is 0 Å². The molecule has 2 aromatic rings. The van der Waals surface area contributed by atoms with Gasteiger partial charge in [-0.05, 0) is 35.1 Å². The Morgan fingerprint density at radius 1 is 1.10 bits per heavy atom. The standard InChI is InChI=1S/C15H18BrN3O/c1-19(8-7-15-17-11-13(16)12-18-15)9-10-20-14-5-3-2-4-6-14/h2-6,11-12H,7-10H2,1H3. The molecule has 0 bridgehead atoms. The molecule has 0 saturated carbocycles. The number of rotatable bonds is 7. The first-order chi connectivity index (χ1) is 9.74. The molecular formula is C15H18BrN3O. The predicted molar refractivity (Wildman–Crippen MR) is 82.9 cm³/mol. The largest absolute Gasteiger partial charge is 0.492 e. The molecule has 0 fully saturated rings. The van der Waals surface area contributed by atoms with Gasteiger partial charge in [-0.15, -0.1) is 0 Å². The van der Waals surface area contributed by atoms with Gasteiger partial charge in [0.05, 0.1) is 4.47 Å². The fraction of sp³-hybridized carbons (Fsp3) is 0.333. The van der Waals surface area contributed by atoms with Gasteiger partial charge >= 0.3 is 0 Å². The highest BCUT2D eigenvalue weighted by molar-refractivity contribution is 9.10. The van der Waals surface area contributed by atoms with Crippen LogP contribution in [0.3, 0.4) is 0 Å². The number of halogens is 1. The predicted octanol–water partition coefficient (Wildman–Crippen LogP) is 2.79. The van der Waals surface area contributed by atoms with E-state index in [0.717, 1.165) is 35.6 Å². The van der Waals surface area contributed by atoms with E-state index in [1.54, 1.807) is 12.4 Å². The van der Waals surface area contributed by atoms with Gasteiger partial charge in [0.15, 0.2) is 0 Å². The molecule has 0 amide bonds. The molecule has 5 heteroatoms. The quantitative estimate of drug-likeness (QED) is 0.779. The SMILES string of the molecule is CN(CCOc1ccccc1)CCc1ncc(Br)cn1. The maximum Gasteiger partial charge on any atom is 0.129 e. The zero-order valence-electron chi connectivity index (χ0n) is 11.5. The summed E-state index contributed by atoms with van der Waals surface area (Å²) in [6.45, 7) is 2.48. The van der Waals surface area contributed by atoms with Crippen LogP contribution in [0.2, 0.25) is 0 Å². The van der Waals surface area contributed by atoms with E-state index in [4.69, 9.17) is 4.74 Å². The summed E-state index contributed by atoms with van der Waals surface area (Å²) in [4.78, 5) is 10.7. The third kappa shape index (κ3) is 5.27. The highest BCUT2D eigenvalue weighted by atomic mass is 79.9. The van der Waals surface area contributed by atoms with E-state index in [0.29, 0.717) is 6.61 Å². The summed E-state index contributed by atoms with van der Waals surface area (Å²) >= 11 is 3.33. The van der Waals surface area contributed by atoms with E-state index in [2.05, 4.69) is 37.8 Å². The van der Waals surface area contributed by atoms with Gasteiger partial charge in [0.2, 0.25) is 0 Å². The first kappa shape index (κ1) is 14.9. The zero-order chi connectivity index (χ0) is 14.2. The van der Waals surface area contributed by atoms with E-state index >= 15 is 0 Å². The Bertz CT molecular complexity index is 504. The summed E-state index contributed by atoms with van der Waals surface area (Å²) in [5.74, 6) is 1.78. The van der Waals surface area contributed by atoms with Crippen molar-refractivity contribution in [3.63, 3.8) is 0 Å². The second-order valence-electron chi connectivity index (χ2n) is 4.53. The molecule has 0 unspecified atom stereocenters. The van der Waals surface area contributed by atoms with Gasteiger partial charge in [0, 0.05) is 31.9 Å². The smallest absolute Gasteiger partial charge is 0.129 e. The van der Waals surface area contributed by atoms with Gasteiger partial charge in [0.1, 0.15) is 18.2 Å². The first-order valence-electron chi connectivity index (χ1n) is 6.57. The maximum atomic E-state index is 5.67. The lowest BCUT2D eigenvalue weighted by atomic mass is 10.3. The summed E-state index contributed by atoms with van der Waals surface area (Å²) in [6, 6.07) is 9.87. The molecular weight excluding hydrogens is 318 g/mol. The van der Waals surface area contributed by atoms with Crippen molar-refractivity contribution in [2.75, 3.05) is 26.7 Å². The molecule has 106 valence electrons. The Hall–Kier alpha value is -1.46. The minimum atomic E-state index is 0.682. The Balaban J connectivity index is 1.65. The summed E-state index contributed by atoms with van der Waals surface area (Å²) < 4.78 is 6.57. The van der Waals surface area contributed by atoms with Gasteiger partial charge in [-0.1, -0.05) is 18.2 Å². The lowest BCUT2D eigenvalue weighted by molar-refractivity contribution is 0.238. The molecule has 0 aliphatic rings. The summed E-state index contributed by atoms with van der Waals surface area (Å²) in [5.41, 5.74) is 0. The van der Waals surface area contributed by atoms with Gasteiger partial charge in [-0.2, -0.15) is 0 Å². The molecule has 0 N–H and O–H groups in total. The first-order valence-corrected chi connectivity index (χ1v) is 7.36. The second kappa shape index (κ2) is 7.97. The van der Waals surface area contributed by atoms with E-state index < -0.39 is 0 Å². The lowest BCUT2D eigenvalue weighted by Gasteiger charge is -2.16. The van der Waals surface area contributed by atoms with Crippen molar-refractivity contribution in [2.45, 2.75) is 6.42 Å². The Labute approximate surface area is 127 Å². The highest BCUT2D eigenvalue weighted by Gasteiger charge is 2.02. The van der Waals surface area contributed by atoms with Crippen LogP contribution in [0.25, 0.3) is 0 Å². The molecule has 0 spiro atoms. The molecule has 1 heterocycles. The van der Waals surface area contributed by atoms with Crippen LogP contribution < -0.4 is 4.74 Å². The minimum Gasteiger partial charge on any atom is -0.492 e. The maximum absolute atomic E-state index is 5.67. The molecule has 1 aromatic carbocycles. The van der Waals surface area contributed by atoms with E-state index in [9.17, 15) is 0 Å². The molecule has 20 heavy (non-hydrogen) atoms. The third-order valence-electron chi connectivity index (χ3n) is 2.88. The number of likely N-dealkylation sites (N-methyl/N-ethyl adjacent to an activating group) is 1. The summed E-state index contributed by atoms with van der Waals surface area (Å²) in [5, 5.41) is 0. The number of benzene rings is 1. The van der Waals surface area contributed by atoms with Gasteiger partial charge in [-0.25, -0.2) is 9.97 Å². The number of aromatic nitrogens is 2. The number of hydrogen-bond acceptors (Lipinski definition) is 4. The van der Waals surface area contributed by atoms with Crippen molar-refractivity contribution in [3.8, 4) is 5.75 Å². The van der Waals surface area contributed by atoms with Gasteiger partial charge < -0.3 is 9.64 Å². The van der Waals surface area contributed by atoms with Crippen molar-refractivity contribution in [1.82, 2.24) is 14.9 Å². The molecule has 0 saturated heterocycles. The van der Waals surface area contributed by atoms with Crippen LogP contribution in [0.1, 0.15) is 5.82 Å². The van der Waals surface area contributed by atoms with Crippen LogP contribution in [0.5, 0.6) is 5.75 Å². The topological polar surface area (TPSA) is 38.2 Å². The van der Waals surface area contributed by atoms with E-state index in [1.165, 1.54) is 0 Å². The lowest BCUT2D eigenvalue weighted by Crippen LogP contribution is -2.26. The second-order valence-corrected chi connectivity index (χ2v) is 5.45. The van der Waals surface area contributed by atoms with Gasteiger partial charge in [0.25, 0.3) is 0 Å². The Kier molecular flexibility index (Phi) is 5.95. The van der Waals surface area contributed by atoms with Crippen LogP contribution in [-0.2, 0) is 6.42 Å². The monoisotopic (exact) mass is 335 g/mol. The molecule has 4 nitrogen and oxygen atoms in total. The zero-order valence-corrected chi connectivity index (χ0v) is 13.1. The Morgan fingerprint density at radius 3 is 2.50 bits per heavy atom. The van der Waals surface area contributed by atoms with Crippen LogP contribution in [0.15, 0.2) is 47.2 Å². The molecule has 0 aliphatic heterocycles. The number of nitrogens with zero attached hydrogens (tertiary/aromatic N) is 3. The van der Waals surface area contributed by atoms with Crippen molar-refractivity contribution in [3.05, 3.63) is 53.0 Å². The van der Waals surface area contributed by atoms with Crippen LogP contribution in [0.4, 0.5) is 0 Å². The van der Waals surface area contributed by atoms with Crippen molar-refractivity contribution in [1.29, 1.82) is 0 Å². The van der Waals surface area contributed by atoms with Crippen molar-refractivity contribution >= 4 is 15.9 Å². The molecule has 0 radical (unpaired) electrons. The normalized spacial score (nSPS) is 10.8. The number of para-hydroxylation sites is 1. The average molecular weight is 336 g/mol. The molecule has 0 aliphatic carbocycles. The fourth-order valence-electron chi connectivity index (χ4n) is 1.71. The average Bonchev–Trinajstić information content (AvgIpc) is 2.48. The van der Waals surface area contributed by atoms with Gasteiger partial charge in [-0.3, -0.25) is 0 Å². The summed E-state index contributed by atoms with van der Waals surface area (Å²) in [7, 11) is 2.08. The van der Waals surface area contributed by atoms with Crippen LogP contribution >= 0.6 is 15.9 Å². The highest BCUT2D eigenvalue weighted by Crippen LogP contribution is 2.08. The molecule has 1 aromatic heterocycles. The number of ether oxygens (including phenoxy) is 1. The minimum absolute atomic E-state index is 0.682. The molecule has 0 atom stereocenters. The van der Waals surface area contributed by atoms with E-state index in [1.807, 2.05) is 30.3 Å². The van der Waals surface area contributed by atoms with E-state index in [-0.39, 0.29) is 0 Å². The Morgan fingerprint density at radius 2 is 1.80 bits per heavy atom. The van der Waals surface area contributed by atoms with Crippen LogP contribution in [0, 0.1) is 0 Å². The van der Waals surface area contributed by atoms with Crippen LogP contribution in [-0.4, -0.2) is 41.6 Å². The third-order valence-corrected chi connectivity index (χ3v) is 3.29. The summed E-state index contributed by atoms with van der Waals surface area (Å²) in [6.07, 6.45) is 4.40.